The fourth-order valence-corrected chi connectivity index (χ4v) is 8.03. The molecule has 0 aliphatic heterocycles. The van der Waals surface area contributed by atoms with Gasteiger partial charge in [-0.1, -0.05) is 152 Å². The summed E-state index contributed by atoms with van der Waals surface area (Å²) < 4.78 is 39.1. The van der Waals surface area contributed by atoms with Crippen molar-refractivity contribution >= 4 is 33.0 Å². The molecule has 6 nitrogen and oxygen atoms in total. The largest absolute Gasteiger partial charge is 0.500 e. The van der Waals surface area contributed by atoms with E-state index >= 15 is 0 Å². The molecule has 337 valence electrons. The summed E-state index contributed by atoms with van der Waals surface area (Å²) in [6.45, 7) is 30.2. The van der Waals surface area contributed by atoms with Crippen LogP contribution in [0.1, 0.15) is 176 Å². The number of benzene rings is 4. The van der Waals surface area contributed by atoms with Crippen LogP contribution in [0.15, 0.2) is 88.1 Å². The minimum Gasteiger partial charge on any atom is -0.500 e. The molecule has 64 heavy (non-hydrogen) atoms. The van der Waals surface area contributed by atoms with E-state index in [-0.39, 0.29) is 53.7 Å². The minimum atomic E-state index is -2.41. The Morgan fingerprint density at radius 3 is 1.94 bits per heavy atom. The Labute approximate surface area is 399 Å². The van der Waals surface area contributed by atoms with Gasteiger partial charge in [0.05, 0.1) is 5.58 Å². The molecule has 0 saturated carbocycles. The van der Waals surface area contributed by atoms with Crippen LogP contribution in [-0.4, -0.2) is 19.9 Å². The molecule has 0 saturated heterocycles. The summed E-state index contributed by atoms with van der Waals surface area (Å²) in [5.41, 5.74) is 13.6. The van der Waals surface area contributed by atoms with Crippen LogP contribution >= 0.6 is 0 Å². The zero-order valence-corrected chi connectivity index (χ0v) is 42.8. The molecule has 0 aliphatic rings. The molecular formula is C57H66IrN4O2-2. The third-order valence-electron chi connectivity index (χ3n) is 11.8. The van der Waals surface area contributed by atoms with Gasteiger partial charge in [-0.05, 0) is 68.4 Å². The van der Waals surface area contributed by atoms with Crippen molar-refractivity contribution in [3.8, 4) is 22.5 Å². The summed E-state index contributed by atoms with van der Waals surface area (Å²) in [6.07, 6.45) is 4.05. The third-order valence-corrected chi connectivity index (χ3v) is 11.8. The first-order valence-corrected chi connectivity index (χ1v) is 22.4. The average molecular weight is 1030 g/mol. The van der Waals surface area contributed by atoms with Crippen LogP contribution in [0.25, 0.3) is 55.6 Å². The molecule has 0 amide bonds. The average Bonchev–Trinajstić information content (AvgIpc) is 3.85. The van der Waals surface area contributed by atoms with Crippen LogP contribution in [-0.2, 0) is 42.8 Å². The molecule has 0 aliphatic carbocycles. The Kier molecular flexibility index (Phi) is 12.8. The first kappa shape index (κ1) is 44.2. The molecule has 4 heterocycles. The second-order valence-corrected chi connectivity index (χ2v) is 21.0. The molecule has 4 aromatic carbocycles. The van der Waals surface area contributed by atoms with Crippen molar-refractivity contribution in [3.63, 3.8) is 0 Å². The number of hydrogen-bond acceptors (Lipinski definition) is 6. The Balaban J connectivity index is 0.000000367. The summed E-state index contributed by atoms with van der Waals surface area (Å²) in [6, 6.07) is 28.7. The zero-order valence-electron chi connectivity index (χ0n) is 43.4. The number of furan rings is 1. The third kappa shape index (κ3) is 9.97. The predicted molar refractivity (Wildman–Crippen MR) is 262 cm³/mol. The van der Waals surface area contributed by atoms with E-state index in [1.54, 1.807) is 12.4 Å². The van der Waals surface area contributed by atoms with Crippen LogP contribution in [0, 0.1) is 19.0 Å². The summed E-state index contributed by atoms with van der Waals surface area (Å²) in [5.74, 6) is 1.58. The van der Waals surface area contributed by atoms with E-state index in [1.807, 2.05) is 42.6 Å². The van der Waals surface area contributed by atoms with Gasteiger partial charge in [0.15, 0.2) is 5.58 Å². The number of aryl methyl sites for hydroxylation is 1. The second-order valence-electron chi connectivity index (χ2n) is 21.0. The molecule has 4 aromatic heterocycles. The van der Waals surface area contributed by atoms with Gasteiger partial charge >= 0.3 is 0 Å². The number of pyridine rings is 1. The minimum absolute atomic E-state index is 0. The van der Waals surface area contributed by atoms with Gasteiger partial charge in [0, 0.05) is 64.3 Å². The first-order chi connectivity index (χ1) is 30.7. The van der Waals surface area contributed by atoms with Gasteiger partial charge in [-0.2, -0.15) is 0 Å². The summed E-state index contributed by atoms with van der Waals surface area (Å²) in [5, 5.41) is 1.20. The molecule has 0 spiro atoms. The van der Waals surface area contributed by atoms with Gasteiger partial charge in [-0.15, -0.1) is 53.6 Å². The smallest absolute Gasteiger partial charge is 0.200 e. The summed E-state index contributed by atoms with van der Waals surface area (Å²) in [7, 11) is 0. The van der Waals surface area contributed by atoms with E-state index in [0.29, 0.717) is 57.0 Å². The van der Waals surface area contributed by atoms with E-state index in [4.69, 9.17) is 17.9 Å². The van der Waals surface area contributed by atoms with Gasteiger partial charge in [0.25, 0.3) is 0 Å². The normalized spacial score (nSPS) is 13.3. The monoisotopic (exact) mass is 1030 g/mol. The van der Waals surface area contributed by atoms with Crippen LogP contribution in [0.4, 0.5) is 0 Å². The Bertz CT molecular complexity index is 2990. The summed E-state index contributed by atoms with van der Waals surface area (Å²) >= 11 is 0. The maximum absolute atomic E-state index is 8.56. The van der Waals surface area contributed by atoms with Crippen LogP contribution in [0.3, 0.4) is 0 Å². The van der Waals surface area contributed by atoms with Crippen molar-refractivity contribution in [3.05, 3.63) is 142 Å². The molecule has 0 N–H and O–H groups in total. The van der Waals surface area contributed by atoms with Crippen molar-refractivity contribution in [2.24, 2.45) is 0 Å². The zero-order chi connectivity index (χ0) is 48.3. The molecule has 8 rings (SSSR count). The van der Waals surface area contributed by atoms with Crippen molar-refractivity contribution in [1.29, 1.82) is 0 Å². The molecule has 8 aromatic rings. The number of nitrogens with zero attached hydrogens (tertiary/aromatic N) is 4. The van der Waals surface area contributed by atoms with E-state index in [9.17, 15) is 0 Å². The first-order valence-electron chi connectivity index (χ1n) is 23.9. The second kappa shape index (κ2) is 18.5. The molecule has 1 radical (unpaired) electrons. The molecule has 7 heteroatoms. The standard InChI is InChI=1S/C42H50N3O2.C15H16N.Ir/c1-22(2)26-16-28(23(3)4)30(29(17-26)24(5)6)18-32-37-34(46-40(45-37)42(11,12)13)19-31-36-25(7)14-15-27(39(36)47-38(31)32)33-20-35(41(8,9)10)44-21-43-33;1-15(2,3)13-9-10-14(16-11-13)12-7-5-4-6-8-12;/h14,16-17,19-24H,18H2,1-13H3;4-7,9-11H,1-3H3;/q2*-1;/i7D3;;. The number of oxazole rings is 1. The van der Waals surface area contributed by atoms with E-state index in [2.05, 4.69) is 155 Å². The van der Waals surface area contributed by atoms with Crippen LogP contribution < -0.4 is 0 Å². The number of rotatable bonds is 7. The SMILES string of the molecule is CC(C)(C)c1ccc(-c2[c-]cccc2)nc1.[2H]C([2H])([2H])c1c[c-]c(-c2cc(C(C)(C)C)ncn2)c2oc3c(Cc4c(C(C)C)cc(C(C)C)cc4C(C)C)c4nc(C(C)(C)C)oc4cc3c12.[Ir]. The predicted octanol–water partition coefficient (Wildman–Crippen LogP) is 15.7. The van der Waals surface area contributed by atoms with Gasteiger partial charge in [-0.25, -0.2) is 9.97 Å². The Morgan fingerprint density at radius 2 is 1.39 bits per heavy atom. The Hall–Kier alpha value is -4.97. The van der Waals surface area contributed by atoms with Crippen molar-refractivity contribution in [2.75, 3.05) is 0 Å². The maximum Gasteiger partial charge on any atom is 0.200 e. The number of aromatic nitrogens is 4. The molecule has 0 atom stereocenters. The van der Waals surface area contributed by atoms with Crippen molar-refractivity contribution < 1.29 is 33.1 Å². The fraction of sp³-hybridized carbons (Fsp3) is 0.404. The topological polar surface area (TPSA) is 77.8 Å². The number of fused-ring (bicyclic) bond motifs is 4. The van der Waals surface area contributed by atoms with Crippen molar-refractivity contribution in [2.45, 2.75) is 151 Å². The summed E-state index contributed by atoms with van der Waals surface area (Å²) in [4.78, 5) is 18.8. The van der Waals surface area contributed by atoms with Crippen LogP contribution in [0.5, 0.6) is 0 Å². The number of hydrogen-bond donors (Lipinski definition) is 0. The van der Waals surface area contributed by atoms with Gasteiger partial charge in [0.1, 0.15) is 17.4 Å². The quantitative estimate of drug-likeness (QED) is 0.148. The van der Waals surface area contributed by atoms with Gasteiger partial charge in [-0.3, -0.25) is 4.98 Å². The van der Waals surface area contributed by atoms with E-state index in [1.165, 1.54) is 27.8 Å². The van der Waals surface area contributed by atoms with E-state index in [0.717, 1.165) is 28.0 Å². The van der Waals surface area contributed by atoms with Gasteiger partial charge in [0.2, 0.25) is 5.89 Å². The van der Waals surface area contributed by atoms with Crippen molar-refractivity contribution in [1.82, 2.24) is 19.9 Å². The van der Waals surface area contributed by atoms with Crippen LogP contribution in [0.2, 0.25) is 0 Å². The van der Waals surface area contributed by atoms with E-state index < -0.39 is 6.85 Å². The van der Waals surface area contributed by atoms with Gasteiger partial charge < -0.3 is 13.8 Å². The molecule has 0 fully saturated rings. The molecule has 0 bridgehead atoms. The molecular weight excluding hydrogens is 965 g/mol. The molecule has 0 unspecified atom stereocenters. The Morgan fingerprint density at radius 1 is 0.688 bits per heavy atom. The fourth-order valence-electron chi connectivity index (χ4n) is 8.03. The maximum atomic E-state index is 8.56.